The Bertz CT molecular complexity index is 1040. The Morgan fingerprint density at radius 1 is 1.00 bits per heavy atom. The fourth-order valence-electron chi connectivity index (χ4n) is 4.12. The summed E-state index contributed by atoms with van der Waals surface area (Å²) in [4.78, 5) is 2.47. The quantitative estimate of drug-likeness (QED) is 0.743. The van der Waals surface area contributed by atoms with Crippen LogP contribution in [0, 0.1) is 0 Å². The highest BCUT2D eigenvalue weighted by Crippen LogP contribution is 2.42. The number of nitrogens with zero attached hydrogens (tertiary/aromatic N) is 2. The maximum atomic E-state index is 12.2. The highest BCUT2D eigenvalue weighted by molar-refractivity contribution is 7.84. The van der Waals surface area contributed by atoms with Crippen LogP contribution in [-0.2, 0) is 29.7 Å². The molecule has 0 saturated carbocycles. The van der Waals surface area contributed by atoms with Gasteiger partial charge in [0.1, 0.15) is 5.75 Å². The molecule has 29 heavy (non-hydrogen) atoms. The molecule has 0 aliphatic carbocycles. The van der Waals surface area contributed by atoms with E-state index < -0.39 is 10.3 Å². The van der Waals surface area contributed by atoms with Crippen LogP contribution in [-0.4, -0.2) is 52.5 Å². The van der Waals surface area contributed by atoms with E-state index in [9.17, 15) is 8.42 Å². The van der Waals surface area contributed by atoms with Crippen molar-refractivity contribution in [2.45, 2.75) is 25.4 Å². The van der Waals surface area contributed by atoms with Crippen LogP contribution in [0.5, 0.6) is 17.2 Å². The van der Waals surface area contributed by atoms with Gasteiger partial charge in [-0.25, -0.2) is 0 Å². The maximum Gasteiger partial charge on any atom is 0.384 e. The molecule has 2 heterocycles. The molecule has 0 bridgehead atoms. The first kappa shape index (κ1) is 20.0. The third kappa shape index (κ3) is 3.68. The second kappa shape index (κ2) is 7.51. The van der Waals surface area contributed by atoms with Gasteiger partial charge in [0.05, 0.1) is 14.2 Å². The highest BCUT2D eigenvalue weighted by atomic mass is 32.2. The van der Waals surface area contributed by atoms with Crippen LogP contribution in [0.4, 0.5) is 0 Å². The van der Waals surface area contributed by atoms with Crippen molar-refractivity contribution in [1.82, 2.24) is 9.21 Å². The molecule has 1 unspecified atom stereocenters. The van der Waals surface area contributed by atoms with Gasteiger partial charge < -0.3 is 13.7 Å². The zero-order valence-corrected chi connectivity index (χ0v) is 18.0. The number of methoxy groups -OCH3 is 2. The number of benzene rings is 2. The largest absolute Gasteiger partial charge is 0.497 e. The van der Waals surface area contributed by atoms with E-state index in [4.69, 9.17) is 13.7 Å². The lowest BCUT2D eigenvalue weighted by atomic mass is 9.84. The van der Waals surface area contributed by atoms with Crippen molar-refractivity contribution in [2.75, 3.05) is 34.9 Å². The molecule has 1 atom stereocenters. The first-order valence-corrected chi connectivity index (χ1v) is 10.9. The van der Waals surface area contributed by atoms with Gasteiger partial charge in [0.25, 0.3) is 0 Å². The lowest BCUT2D eigenvalue weighted by Gasteiger charge is -2.41. The van der Waals surface area contributed by atoms with Gasteiger partial charge >= 0.3 is 10.3 Å². The van der Waals surface area contributed by atoms with E-state index in [0.29, 0.717) is 5.75 Å². The van der Waals surface area contributed by atoms with E-state index in [-0.39, 0.29) is 11.8 Å². The molecule has 0 aromatic heterocycles. The SMILES string of the molecule is COc1ccc2c(c1)CCN1Cc3cc(OC)c(OS(=O)(=O)N(C)C)cc3CC21. The van der Waals surface area contributed by atoms with Crippen molar-refractivity contribution >= 4 is 10.3 Å². The van der Waals surface area contributed by atoms with Crippen LogP contribution in [0.2, 0.25) is 0 Å². The molecule has 4 rings (SSSR count). The molecular weight excluding hydrogens is 392 g/mol. The van der Waals surface area contributed by atoms with Gasteiger partial charge in [0.15, 0.2) is 11.5 Å². The molecule has 156 valence electrons. The van der Waals surface area contributed by atoms with E-state index in [1.807, 2.05) is 18.2 Å². The number of hydrogen-bond acceptors (Lipinski definition) is 6. The van der Waals surface area contributed by atoms with Crippen LogP contribution in [0.3, 0.4) is 0 Å². The van der Waals surface area contributed by atoms with Crippen molar-refractivity contribution in [3.05, 3.63) is 52.6 Å². The molecule has 8 heteroatoms. The molecule has 0 N–H and O–H groups in total. The Hall–Kier alpha value is -2.29. The number of ether oxygens (including phenoxy) is 2. The zero-order chi connectivity index (χ0) is 20.8. The van der Waals surface area contributed by atoms with Crippen LogP contribution in [0.15, 0.2) is 30.3 Å². The monoisotopic (exact) mass is 418 g/mol. The first-order valence-electron chi connectivity index (χ1n) is 9.55. The zero-order valence-electron chi connectivity index (χ0n) is 17.1. The normalized spacial score (nSPS) is 18.6. The van der Waals surface area contributed by atoms with Gasteiger partial charge in [-0.3, -0.25) is 4.90 Å². The topological polar surface area (TPSA) is 68.3 Å². The van der Waals surface area contributed by atoms with Crippen molar-refractivity contribution in [2.24, 2.45) is 0 Å². The Morgan fingerprint density at radius 3 is 2.45 bits per heavy atom. The van der Waals surface area contributed by atoms with Gasteiger partial charge in [-0.05, 0) is 59.4 Å². The van der Waals surface area contributed by atoms with E-state index in [1.165, 1.54) is 32.3 Å². The standard InChI is InChI=1S/C21H26N2O5S/c1-22(2)29(24,25)28-21-11-15-10-19-18-6-5-17(26-3)9-14(18)7-8-23(19)13-16(15)12-20(21)27-4/h5-6,9,11-12,19H,7-8,10,13H2,1-4H3. The summed E-state index contributed by atoms with van der Waals surface area (Å²) in [5, 5.41) is 0. The number of hydrogen-bond donors (Lipinski definition) is 0. The summed E-state index contributed by atoms with van der Waals surface area (Å²) in [6.45, 7) is 1.77. The van der Waals surface area contributed by atoms with Gasteiger partial charge in [0, 0.05) is 33.2 Å². The predicted octanol–water partition coefficient (Wildman–Crippen LogP) is 2.54. The molecular formula is C21H26N2O5S. The smallest absolute Gasteiger partial charge is 0.384 e. The summed E-state index contributed by atoms with van der Waals surface area (Å²) < 4.78 is 41.6. The average molecular weight is 419 g/mol. The van der Waals surface area contributed by atoms with E-state index in [2.05, 4.69) is 17.0 Å². The lowest BCUT2D eigenvalue weighted by Crippen LogP contribution is -2.39. The molecule has 2 aromatic carbocycles. The van der Waals surface area contributed by atoms with Crippen LogP contribution >= 0.6 is 0 Å². The molecule has 0 saturated heterocycles. The summed E-state index contributed by atoms with van der Waals surface area (Å²) in [7, 11) is 2.22. The van der Waals surface area contributed by atoms with E-state index >= 15 is 0 Å². The number of fused-ring (bicyclic) bond motifs is 4. The summed E-state index contributed by atoms with van der Waals surface area (Å²) in [5.41, 5.74) is 4.85. The minimum absolute atomic E-state index is 0.221. The van der Waals surface area contributed by atoms with Crippen molar-refractivity contribution in [1.29, 1.82) is 0 Å². The van der Waals surface area contributed by atoms with Crippen molar-refractivity contribution < 1.29 is 22.1 Å². The molecule has 2 aliphatic rings. The van der Waals surface area contributed by atoms with Gasteiger partial charge in [-0.1, -0.05) is 6.07 Å². The molecule has 0 radical (unpaired) electrons. The first-order chi connectivity index (χ1) is 13.8. The van der Waals surface area contributed by atoms with Crippen molar-refractivity contribution in [3.63, 3.8) is 0 Å². The average Bonchev–Trinajstić information content (AvgIpc) is 2.71. The molecule has 2 aliphatic heterocycles. The molecule has 0 spiro atoms. The number of rotatable bonds is 5. The minimum Gasteiger partial charge on any atom is -0.497 e. The summed E-state index contributed by atoms with van der Waals surface area (Å²) >= 11 is 0. The minimum atomic E-state index is -3.86. The van der Waals surface area contributed by atoms with E-state index in [1.54, 1.807) is 7.11 Å². The highest BCUT2D eigenvalue weighted by Gasteiger charge is 2.33. The third-order valence-corrected chi connectivity index (χ3v) is 7.02. The van der Waals surface area contributed by atoms with Gasteiger partial charge in [0.2, 0.25) is 0 Å². The molecule has 0 amide bonds. The summed E-state index contributed by atoms with van der Waals surface area (Å²) in [6.07, 6.45) is 1.77. The Kier molecular flexibility index (Phi) is 5.18. The molecule has 7 nitrogen and oxygen atoms in total. The molecule has 0 fully saturated rings. The van der Waals surface area contributed by atoms with Gasteiger partial charge in [-0.2, -0.15) is 12.7 Å². The van der Waals surface area contributed by atoms with Crippen LogP contribution in [0.25, 0.3) is 0 Å². The fraction of sp³-hybridized carbons (Fsp3) is 0.429. The Balaban J connectivity index is 1.70. The summed E-state index contributed by atoms with van der Waals surface area (Å²) in [6, 6.07) is 10.2. The van der Waals surface area contributed by atoms with Gasteiger partial charge in [-0.15, -0.1) is 0 Å². The maximum absolute atomic E-state index is 12.2. The summed E-state index contributed by atoms with van der Waals surface area (Å²) in [5.74, 6) is 1.52. The van der Waals surface area contributed by atoms with E-state index in [0.717, 1.165) is 47.1 Å². The van der Waals surface area contributed by atoms with Crippen LogP contribution < -0.4 is 13.7 Å². The second-order valence-electron chi connectivity index (χ2n) is 7.60. The Labute approximate surface area is 172 Å². The van der Waals surface area contributed by atoms with Crippen molar-refractivity contribution in [3.8, 4) is 17.2 Å². The molecule has 2 aromatic rings. The predicted molar refractivity (Wildman–Crippen MR) is 110 cm³/mol. The third-order valence-electron chi connectivity index (χ3n) is 5.73. The lowest BCUT2D eigenvalue weighted by molar-refractivity contribution is 0.160. The second-order valence-corrected chi connectivity index (χ2v) is 9.35. The van der Waals surface area contributed by atoms with Crippen LogP contribution in [0.1, 0.15) is 28.3 Å². The Morgan fingerprint density at radius 2 is 1.76 bits per heavy atom. The fourth-order valence-corrected chi connectivity index (χ4v) is 4.62.